The fraction of sp³-hybridized carbons (Fsp3) is 0.208. The average molecular weight is 491 g/mol. The summed E-state index contributed by atoms with van der Waals surface area (Å²) in [5.74, 6) is 0.839. The van der Waals surface area contributed by atoms with Crippen LogP contribution in [0.25, 0.3) is 6.08 Å². The maximum Gasteiger partial charge on any atom is 0.417 e. The van der Waals surface area contributed by atoms with Gasteiger partial charge in [0, 0.05) is 37.1 Å². The van der Waals surface area contributed by atoms with Crippen LogP contribution in [0.3, 0.4) is 0 Å². The number of anilines is 2. The molecule has 6 nitrogen and oxygen atoms in total. The van der Waals surface area contributed by atoms with Crippen molar-refractivity contribution in [3.8, 4) is 11.6 Å². The van der Waals surface area contributed by atoms with E-state index in [4.69, 9.17) is 16.3 Å². The highest BCUT2D eigenvalue weighted by Crippen LogP contribution is 2.36. The Morgan fingerprint density at radius 3 is 2.62 bits per heavy atom. The standard InChI is InChI=1S/C24H22ClF3N4O2/c1-3-32(4-2)23-29-13-12-22(31-23)34-18-7-5-6-16(14-18)8-11-21(33)30-17-9-10-20(25)19(15-17)24(26,27)28/h5-15H,3-4H2,1-2H3,(H,30,33)/b11-8+. The van der Waals surface area contributed by atoms with E-state index in [1.807, 2.05) is 18.7 Å². The van der Waals surface area contributed by atoms with E-state index in [2.05, 4.69) is 15.3 Å². The van der Waals surface area contributed by atoms with E-state index in [0.717, 1.165) is 25.2 Å². The molecule has 0 spiro atoms. The fourth-order valence-corrected chi connectivity index (χ4v) is 3.25. The summed E-state index contributed by atoms with van der Waals surface area (Å²) in [6.07, 6.45) is -0.275. The number of amides is 1. The second-order valence-electron chi connectivity index (χ2n) is 7.06. The van der Waals surface area contributed by atoms with Gasteiger partial charge in [0.25, 0.3) is 0 Å². The molecule has 10 heteroatoms. The second-order valence-corrected chi connectivity index (χ2v) is 7.46. The monoisotopic (exact) mass is 490 g/mol. The quantitative estimate of drug-likeness (QED) is 0.368. The Kier molecular flexibility index (Phi) is 8.12. The lowest BCUT2D eigenvalue weighted by Gasteiger charge is -2.18. The van der Waals surface area contributed by atoms with Gasteiger partial charge in [-0.05, 0) is 55.8 Å². The number of halogens is 4. The molecule has 1 heterocycles. The number of benzene rings is 2. The van der Waals surface area contributed by atoms with Crippen LogP contribution in [0.5, 0.6) is 11.6 Å². The molecule has 1 aromatic heterocycles. The molecule has 0 saturated heterocycles. The normalized spacial score (nSPS) is 11.5. The third kappa shape index (κ3) is 6.71. The number of hydrogen-bond acceptors (Lipinski definition) is 5. The summed E-state index contributed by atoms with van der Waals surface area (Å²) >= 11 is 5.60. The molecule has 3 aromatic rings. The van der Waals surface area contributed by atoms with Crippen LogP contribution >= 0.6 is 11.6 Å². The van der Waals surface area contributed by atoms with Gasteiger partial charge in [0.1, 0.15) is 5.75 Å². The molecule has 34 heavy (non-hydrogen) atoms. The summed E-state index contributed by atoms with van der Waals surface area (Å²) in [5, 5.41) is 1.96. The van der Waals surface area contributed by atoms with Crippen molar-refractivity contribution < 1.29 is 22.7 Å². The molecule has 0 radical (unpaired) electrons. The molecule has 0 aliphatic carbocycles. The highest BCUT2D eigenvalue weighted by molar-refractivity contribution is 6.31. The number of rotatable bonds is 8. The lowest BCUT2D eigenvalue weighted by molar-refractivity contribution is -0.137. The van der Waals surface area contributed by atoms with Crippen LogP contribution in [0.4, 0.5) is 24.8 Å². The van der Waals surface area contributed by atoms with Gasteiger partial charge in [-0.25, -0.2) is 4.98 Å². The lowest BCUT2D eigenvalue weighted by atomic mass is 10.2. The zero-order valence-corrected chi connectivity index (χ0v) is 19.2. The summed E-state index contributed by atoms with van der Waals surface area (Å²) in [4.78, 5) is 22.9. The van der Waals surface area contributed by atoms with E-state index in [9.17, 15) is 18.0 Å². The predicted molar refractivity (Wildman–Crippen MR) is 126 cm³/mol. The highest BCUT2D eigenvalue weighted by Gasteiger charge is 2.33. The highest BCUT2D eigenvalue weighted by atomic mass is 35.5. The topological polar surface area (TPSA) is 67.4 Å². The number of nitrogens with zero attached hydrogens (tertiary/aromatic N) is 3. The summed E-state index contributed by atoms with van der Waals surface area (Å²) in [6.45, 7) is 5.54. The van der Waals surface area contributed by atoms with Crippen LogP contribution in [0.2, 0.25) is 5.02 Å². The van der Waals surface area contributed by atoms with Crippen LogP contribution in [0.15, 0.2) is 60.8 Å². The first-order chi connectivity index (χ1) is 16.2. The van der Waals surface area contributed by atoms with Crippen LogP contribution in [0, 0.1) is 0 Å². The SMILES string of the molecule is CCN(CC)c1nccc(Oc2cccc(/C=C/C(=O)Nc3ccc(Cl)c(C(F)(F)F)c3)c2)n1. The summed E-state index contributed by atoms with van der Waals surface area (Å²) in [5.41, 5.74) is -0.386. The third-order valence-corrected chi connectivity index (χ3v) is 5.04. The summed E-state index contributed by atoms with van der Waals surface area (Å²) in [7, 11) is 0. The first-order valence-electron chi connectivity index (χ1n) is 10.4. The molecule has 2 aromatic carbocycles. The fourth-order valence-electron chi connectivity index (χ4n) is 3.03. The molecule has 3 rings (SSSR count). The number of nitrogens with one attached hydrogen (secondary N) is 1. The maximum atomic E-state index is 13.0. The zero-order chi connectivity index (χ0) is 24.7. The van der Waals surface area contributed by atoms with Gasteiger partial charge in [-0.1, -0.05) is 23.7 Å². The van der Waals surface area contributed by atoms with Crippen molar-refractivity contribution in [2.45, 2.75) is 20.0 Å². The minimum Gasteiger partial charge on any atom is -0.439 e. The second kappa shape index (κ2) is 11.0. The van der Waals surface area contributed by atoms with Crippen molar-refractivity contribution in [2.24, 2.45) is 0 Å². The minimum atomic E-state index is -4.62. The van der Waals surface area contributed by atoms with Crippen molar-refractivity contribution >= 4 is 35.2 Å². The molecular weight excluding hydrogens is 469 g/mol. The van der Waals surface area contributed by atoms with E-state index in [1.54, 1.807) is 36.5 Å². The van der Waals surface area contributed by atoms with Gasteiger partial charge in [-0.2, -0.15) is 18.2 Å². The molecule has 1 N–H and O–H groups in total. The first-order valence-corrected chi connectivity index (χ1v) is 10.8. The van der Waals surface area contributed by atoms with Crippen LogP contribution in [-0.4, -0.2) is 29.0 Å². The number of hydrogen-bond donors (Lipinski definition) is 1. The van der Waals surface area contributed by atoms with Gasteiger partial charge < -0.3 is 15.0 Å². The number of aromatic nitrogens is 2. The van der Waals surface area contributed by atoms with Crippen molar-refractivity contribution in [1.82, 2.24) is 9.97 Å². The molecule has 1 amide bonds. The van der Waals surface area contributed by atoms with E-state index >= 15 is 0 Å². The van der Waals surface area contributed by atoms with Crippen LogP contribution in [0.1, 0.15) is 25.0 Å². The van der Waals surface area contributed by atoms with E-state index < -0.39 is 22.7 Å². The molecular formula is C24H22ClF3N4O2. The Bertz CT molecular complexity index is 1180. The van der Waals surface area contributed by atoms with Crippen molar-refractivity contribution in [2.75, 3.05) is 23.3 Å². The third-order valence-electron chi connectivity index (χ3n) is 4.71. The number of alkyl halides is 3. The summed E-state index contributed by atoms with van der Waals surface area (Å²) in [6, 6.07) is 11.8. The molecule has 0 atom stereocenters. The lowest BCUT2D eigenvalue weighted by Crippen LogP contribution is -2.24. The van der Waals surface area contributed by atoms with E-state index in [1.165, 1.54) is 18.2 Å². The largest absolute Gasteiger partial charge is 0.439 e. The number of ether oxygens (including phenoxy) is 1. The van der Waals surface area contributed by atoms with Gasteiger partial charge in [-0.3, -0.25) is 4.79 Å². The smallest absolute Gasteiger partial charge is 0.417 e. The predicted octanol–water partition coefficient (Wildman–Crippen LogP) is 6.44. The Labute approximate surface area is 200 Å². The Balaban J connectivity index is 1.68. The Hall–Kier alpha value is -3.59. The van der Waals surface area contributed by atoms with Gasteiger partial charge >= 0.3 is 6.18 Å². The molecule has 0 saturated carbocycles. The van der Waals surface area contributed by atoms with E-state index in [0.29, 0.717) is 23.1 Å². The van der Waals surface area contributed by atoms with Gasteiger partial charge in [-0.15, -0.1) is 0 Å². The molecule has 0 aliphatic heterocycles. The Morgan fingerprint density at radius 2 is 1.91 bits per heavy atom. The van der Waals surface area contributed by atoms with E-state index in [-0.39, 0.29) is 5.69 Å². The average Bonchev–Trinajstić information content (AvgIpc) is 2.80. The molecule has 0 fully saturated rings. The molecule has 0 unspecified atom stereocenters. The number of carbonyl (C=O) groups is 1. The van der Waals surface area contributed by atoms with Gasteiger partial charge in [0.05, 0.1) is 10.6 Å². The number of carbonyl (C=O) groups excluding carboxylic acids is 1. The van der Waals surface area contributed by atoms with Crippen LogP contribution in [-0.2, 0) is 11.0 Å². The Morgan fingerprint density at radius 1 is 1.15 bits per heavy atom. The van der Waals surface area contributed by atoms with Crippen molar-refractivity contribution in [1.29, 1.82) is 0 Å². The molecule has 178 valence electrons. The molecule has 0 bridgehead atoms. The first kappa shape index (κ1) is 25.0. The van der Waals surface area contributed by atoms with Crippen molar-refractivity contribution in [3.05, 3.63) is 77.0 Å². The summed E-state index contributed by atoms with van der Waals surface area (Å²) < 4.78 is 44.8. The van der Waals surface area contributed by atoms with Crippen molar-refractivity contribution in [3.63, 3.8) is 0 Å². The minimum absolute atomic E-state index is 0.0174. The maximum absolute atomic E-state index is 13.0. The molecule has 0 aliphatic rings. The van der Waals surface area contributed by atoms with Gasteiger partial charge in [0.2, 0.25) is 17.7 Å². The van der Waals surface area contributed by atoms with Gasteiger partial charge in [0.15, 0.2) is 0 Å². The zero-order valence-electron chi connectivity index (χ0n) is 18.4. The van der Waals surface area contributed by atoms with Crippen LogP contribution < -0.4 is 15.0 Å².